The lowest BCUT2D eigenvalue weighted by atomic mass is 9.54. The molecule has 3 rings (SSSR count). The number of pyridine rings is 1. The summed E-state index contributed by atoms with van der Waals surface area (Å²) < 4.78 is 6.02. The number of aliphatic carboxylic acids is 1. The van der Waals surface area contributed by atoms with E-state index in [0.717, 1.165) is 19.8 Å². The van der Waals surface area contributed by atoms with E-state index in [1.54, 1.807) is 12.1 Å². The first-order valence-electron chi connectivity index (χ1n) is 8.83. The van der Waals surface area contributed by atoms with Crippen LogP contribution in [0.2, 0.25) is 0 Å². The number of carboxylic acid groups (broad SMARTS) is 1. The van der Waals surface area contributed by atoms with Gasteiger partial charge in [-0.05, 0) is 25.3 Å². The minimum absolute atomic E-state index is 0.407. The van der Waals surface area contributed by atoms with Crippen molar-refractivity contribution in [1.29, 1.82) is 15.8 Å². The lowest BCUT2D eigenvalue weighted by Gasteiger charge is -2.47. The molecule has 0 bridgehead atoms. The lowest BCUT2D eigenvalue weighted by molar-refractivity contribution is -0.139. The van der Waals surface area contributed by atoms with Gasteiger partial charge in [-0.25, -0.2) is 0 Å². The van der Waals surface area contributed by atoms with Crippen LogP contribution in [-0.4, -0.2) is 22.0 Å². The van der Waals surface area contributed by atoms with E-state index < -0.39 is 28.8 Å². The second-order valence-corrected chi connectivity index (χ2v) is 6.67. The number of amides is 1. The summed E-state index contributed by atoms with van der Waals surface area (Å²) in [7, 11) is 0. The molecule has 2 unspecified atom stereocenters. The van der Waals surface area contributed by atoms with Crippen LogP contribution in [-0.2, 0) is 14.3 Å². The fraction of sp³-hybridized carbons (Fsp3) is 0.400. The van der Waals surface area contributed by atoms with Gasteiger partial charge in [0.05, 0.1) is 24.0 Å². The number of carboxylic acids is 1. The molecule has 1 aromatic heterocycles. The number of primary amides is 1. The Morgan fingerprint density at radius 1 is 1.24 bits per heavy atom. The summed E-state index contributed by atoms with van der Waals surface area (Å²) in [5, 5.41) is 37.2. The molecule has 3 N–H and O–H groups in total. The molecule has 9 heteroatoms. The van der Waals surface area contributed by atoms with Gasteiger partial charge in [0.2, 0.25) is 11.3 Å². The summed E-state index contributed by atoms with van der Waals surface area (Å²) >= 11 is 0. The van der Waals surface area contributed by atoms with Crippen molar-refractivity contribution in [2.24, 2.45) is 16.6 Å². The van der Waals surface area contributed by atoms with Gasteiger partial charge in [0, 0.05) is 36.9 Å². The molecule has 0 fully saturated rings. The van der Waals surface area contributed by atoms with E-state index >= 15 is 0 Å². The second kappa shape index (κ2) is 8.41. The molecule has 148 valence electrons. The smallest absolute Gasteiger partial charge is 0.300 e. The van der Waals surface area contributed by atoms with Gasteiger partial charge in [-0.15, -0.1) is 0 Å². The van der Waals surface area contributed by atoms with Crippen LogP contribution in [0.1, 0.15) is 44.3 Å². The van der Waals surface area contributed by atoms with Crippen LogP contribution in [0.25, 0.3) is 0 Å². The van der Waals surface area contributed by atoms with E-state index in [9.17, 15) is 20.6 Å². The third-order valence-corrected chi connectivity index (χ3v) is 5.00. The molecule has 1 aliphatic heterocycles. The van der Waals surface area contributed by atoms with Crippen LogP contribution >= 0.6 is 0 Å². The Morgan fingerprint density at radius 3 is 2.34 bits per heavy atom. The van der Waals surface area contributed by atoms with Gasteiger partial charge in [0.15, 0.2) is 11.5 Å². The Balaban J connectivity index is 0.000000687. The SMILES string of the molecule is CC(=O)O.N#CC1(C#N)C2=C(CCCC2)OC(c2cccnc2)C1(C#N)C(N)=O. The number of aromatic nitrogens is 1. The molecule has 9 nitrogen and oxygen atoms in total. The Hall–Kier alpha value is -3.90. The highest BCUT2D eigenvalue weighted by Crippen LogP contribution is 2.60. The predicted molar refractivity (Wildman–Crippen MR) is 97.8 cm³/mol. The van der Waals surface area contributed by atoms with Crippen LogP contribution in [0.3, 0.4) is 0 Å². The monoisotopic (exact) mass is 393 g/mol. The van der Waals surface area contributed by atoms with Gasteiger partial charge in [-0.2, -0.15) is 15.8 Å². The van der Waals surface area contributed by atoms with Gasteiger partial charge >= 0.3 is 0 Å². The Labute approximate surface area is 167 Å². The summed E-state index contributed by atoms with van der Waals surface area (Å²) in [6, 6.07) is 9.05. The Kier molecular flexibility index (Phi) is 6.21. The fourth-order valence-corrected chi connectivity index (χ4v) is 3.77. The highest BCUT2D eigenvalue weighted by molar-refractivity contribution is 5.89. The van der Waals surface area contributed by atoms with Crippen LogP contribution < -0.4 is 5.73 Å². The molecular formula is C20H19N5O4. The Bertz CT molecular complexity index is 949. The van der Waals surface area contributed by atoms with Crippen molar-refractivity contribution < 1.29 is 19.4 Å². The number of rotatable bonds is 2. The van der Waals surface area contributed by atoms with Gasteiger partial charge in [0.25, 0.3) is 5.97 Å². The van der Waals surface area contributed by atoms with Crippen molar-refractivity contribution in [1.82, 2.24) is 4.98 Å². The molecular weight excluding hydrogens is 374 g/mol. The first-order valence-corrected chi connectivity index (χ1v) is 8.83. The number of hydrogen-bond acceptors (Lipinski definition) is 7. The maximum absolute atomic E-state index is 12.5. The fourth-order valence-electron chi connectivity index (χ4n) is 3.77. The normalized spacial score (nSPS) is 24.1. The van der Waals surface area contributed by atoms with Crippen molar-refractivity contribution >= 4 is 11.9 Å². The number of carbonyl (C=O) groups is 2. The molecule has 29 heavy (non-hydrogen) atoms. The number of nitriles is 3. The van der Waals surface area contributed by atoms with E-state index in [0.29, 0.717) is 29.7 Å². The second-order valence-electron chi connectivity index (χ2n) is 6.67. The lowest BCUT2D eigenvalue weighted by Crippen LogP contribution is -2.57. The number of nitrogens with zero attached hydrogens (tertiary/aromatic N) is 4. The first-order chi connectivity index (χ1) is 13.8. The number of carbonyl (C=O) groups excluding carboxylic acids is 1. The zero-order valence-electron chi connectivity index (χ0n) is 15.8. The molecule has 0 radical (unpaired) electrons. The molecule has 1 amide bonds. The molecule has 1 aromatic rings. The molecule has 0 saturated carbocycles. The first kappa shape index (κ1) is 21.4. The summed E-state index contributed by atoms with van der Waals surface area (Å²) in [6.45, 7) is 1.08. The minimum atomic E-state index is -2.16. The molecule has 1 aliphatic carbocycles. The highest BCUT2D eigenvalue weighted by Gasteiger charge is 2.69. The number of hydrogen-bond donors (Lipinski definition) is 2. The summed E-state index contributed by atoms with van der Waals surface area (Å²) in [6.07, 6.45) is 4.41. The predicted octanol–water partition coefficient (Wildman–Crippen LogP) is 2.10. The highest BCUT2D eigenvalue weighted by atomic mass is 16.5. The van der Waals surface area contributed by atoms with Crippen LogP contribution in [0.5, 0.6) is 0 Å². The van der Waals surface area contributed by atoms with Crippen molar-refractivity contribution in [2.45, 2.75) is 38.7 Å². The maximum Gasteiger partial charge on any atom is 0.300 e. The third kappa shape index (κ3) is 3.37. The average molecular weight is 393 g/mol. The summed E-state index contributed by atoms with van der Waals surface area (Å²) in [5.41, 5.74) is 2.29. The van der Waals surface area contributed by atoms with Crippen molar-refractivity contribution in [3.8, 4) is 18.2 Å². The van der Waals surface area contributed by atoms with Gasteiger partial charge in [-0.1, -0.05) is 6.07 Å². The number of ether oxygens (including phenoxy) is 1. The van der Waals surface area contributed by atoms with Gasteiger partial charge in [0.1, 0.15) is 0 Å². The van der Waals surface area contributed by atoms with E-state index in [1.807, 2.05) is 18.2 Å². The van der Waals surface area contributed by atoms with E-state index in [4.69, 9.17) is 20.4 Å². The molecule has 2 aliphatic rings. The molecule has 2 heterocycles. The largest absolute Gasteiger partial charge is 0.488 e. The maximum atomic E-state index is 12.5. The van der Waals surface area contributed by atoms with Crippen molar-refractivity contribution in [3.63, 3.8) is 0 Å². The molecule has 0 spiro atoms. The minimum Gasteiger partial charge on any atom is -0.488 e. The third-order valence-electron chi connectivity index (χ3n) is 5.00. The summed E-state index contributed by atoms with van der Waals surface area (Å²) in [4.78, 5) is 25.5. The Morgan fingerprint density at radius 2 is 1.86 bits per heavy atom. The van der Waals surface area contributed by atoms with E-state index in [2.05, 4.69) is 4.98 Å². The van der Waals surface area contributed by atoms with Gasteiger partial charge < -0.3 is 15.6 Å². The average Bonchev–Trinajstić information content (AvgIpc) is 2.72. The molecule has 0 saturated heterocycles. The number of nitrogens with two attached hydrogens (primary N) is 1. The molecule has 0 aromatic carbocycles. The number of allylic oxidation sites excluding steroid dienone is 2. The molecule has 2 atom stereocenters. The van der Waals surface area contributed by atoms with Crippen molar-refractivity contribution in [3.05, 3.63) is 41.4 Å². The topological polar surface area (TPSA) is 174 Å². The van der Waals surface area contributed by atoms with Crippen LogP contribution in [0.15, 0.2) is 35.9 Å². The van der Waals surface area contributed by atoms with E-state index in [-0.39, 0.29) is 0 Å². The van der Waals surface area contributed by atoms with Crippen LogP contribution in [0.4, 0.5) is 0 Å². The zero-order valence-corrected chi connectivity index (χ0v) is 15.8. The van der Waals surface area contributed by atoms with Crippen molar-refractivity contribution in [2.75, 3.05) is 0 Å². The van der Waals surface area contributed by atoms with E-state index in [1.165, 1.54) is 12.4 Å². The standard InChI is InChI=1S/C18H15N5O2.C2H4O2/c19-9-17(10-20)13-5-1-2-6-14(13)25-15(12-4-3-7-23-8-12)18(17,11-21)16(22)24;1-2(3)4/h3-4,7-8,15H,1-2,5-6H2,(H2,22,24);1H3,(H,3,4). The summed E-state index contributed by atoms with van der Waals surface area (Å²) in [5.74, 6) is -1.38. The zero-order chi connectivity index (χ0) is 21.7. The quantitative estimate of drug-likeness (QED) is 0.768. The van der Waals surface area contributed by atoms with Gasteiger partial charge in [-0.3, -0.25) is 14.6 Å². The van der Waals surface area contributed by atoms with Crippen LogP contribution in [0, 0.1) is 44.8 Å².